The van der Waals surface area contributed by atoms with Crippen LogP contribution in [0.25, 0.3) is 0 Å². The van der Waals surface area contributed by atoms with Gasteiger partial charge in [0.05, 0.1) is 11.8 Å². The molecule has 1 heterocycles. The number of carbonyl (C=O) groups excluding carboxylic acids is 1. The van der Waals surface area contributed by atoms with Crippen molar-refractivity contribution in [1.82, 2.24) is 5.32 Å². The Bertz CT molecular complexity index is 394. The maximum absolute atomic E-state index is 12.0. The Morgan fingerprint density at radius 3 is 2.94 bits per heavy atom. The second-order valence-corrected chi connectivity index (χ2v) is 4.83. The van der Waals surface area contributed by atoms with Crippen molar-refractivity contribution in [2.45, 2.75) is 32.6 Å². The number of amides is 1. The number of carbonyl (C=O) groups is 1. The van der Waals surface area contributed by atoms with Crippen LogP contribution in [0, 0.1) is 5.41 Å². The van der Waals surface area contributed by atoms with Crippen molar-refractivity contribution in [1.29, 1.82) is 0 Å². The third-order valence-corrected chi connectivity index (χ3v) is 3.57. The van der Waals surface area contributed by atoms with Crippen LogP contribution >= 0.6 is 0 Å². The molecule has 4 nitrogen and oxygen atoms in total. The molecule has 0 aliphatic heterocycles. The van der Waals surface area contributed by atoms with Crippen LogP contribution in [0.2, 0.25) is 0 Å². The number of nitrogens with one attached hydrogen (secondary N) is 1. The lowest BCUT2D eigenvalue weighted by Gasteiger charge is -2.14. The molecule has 3 N–H and O–H groups in total. The summed E-state index contributed by atoms with van der Waals surface area (Å²) < 4.78 is 5.25. The minimum atomic E-state index is -0.0288. The van der Waals surface area contributed by atoms with Crippen molar-refractivity contribution >= 4 is 5.91 Å². The number of hydrogen-bond donors (Lipinski definition) is 2. The lowest BCUT2D eigenvalue weighted by Crippen LogP contribution is -2.31. The molecule has 2 rings (SSSR count). The molecule has 0 aromatic carbocycles. The molecule has 0 radical (unpaired) electrons. The molecule has 4 heteroatoms. The summed E-state index contributed by atoms with van der Waals surface area (Å²) in [4.78, 5) is 12.0. The van der Waals surface area contributed by atoms with Gasteiger partial charge in [-0.3, -0.25) is 4.79 Å². The number of furan rings is 1. The fraction of sp³-hybridized carbons (Fsp3) is 0.615. The predicted molar refractivity (Wildman–Crippen MR) is 65.8 cm³/mol. The van der Waals surface area contributed by atoms with E-state index in [1.165, 1.54) is 12.8 Å². The first-order valence-electron chi connectivity index (χ1n) is 6.25. The van der Waals surface area contributed by atoms with Crippen LogP contribution in [0.3, 0.4) is 0 Å². The molecule has 1 amide bonds. The third kappa shape index (κ3) is 2.69. The SMILES string of the molecule is CCc1occc1C(=O)NCC1(CCN)CC1. The Hall–Kier alpha value is -1.29. The van der Waals surface area contributed by atoms with Gasteiger partial charge in [-0.25, -0.2) is 0 Å². The summed E-state index contributed by atoms with van der Waals surface area (Å²) in [5, 5.41) is 2.99. The average Bonchev–Trinajstić information content (AvgIpc) is 2.93. The zero-order valence-electron chi connectivity index (χ0n) is 10.3. The quantitative estimate of drug-likeness (QED) is 0.790. The average molecular weight is 236 g/mol. The molecule has 1 saturated carbocycles. The highest BCUT2D eigenvalue weighted by Crippen LogP contribution is 2.47. The Balaban J connectivity index is 1.90. The van der Waals surface area contributed by atoms with E-state index in [1.807, 2.05) is 6.92 Å². The smallest absolute Gasteiger partial charge is 0.254 e. The van der Waals surface area contributed by atoms with Crippen molar-refractivity contribution in [2.24, 2.45) is 11.1 Å². The van der Waals surface area contributed by atoms with E-state index in [9.17, 15) is 4.79 Å². The second kappa shape index (κ2) is 4.92. The number of nitrogens with two attached hydrogens (primary N) is 1. The lowest BCUT2D eigenvalue weighted by molar-refractivity contribution is 0.0942. The number of rotatable bonds is 6. The highest BCUT2D eigenvalue weighted by Gasteiger charge is 2.41. The molecule has 1 aromatic heterocycles. The molecule has 0 unspecified atom stereocenters. The highest BCUT2D eigenvalue weighted by atomic mass is 16.3. The van der Waals surface area contributed by atoms with Crippen molar-refractivity contribution in [3.05, 3.63) is 23.7 Å². The van der Waals surface area contributed by atoms with Crippen LogP contribution in [0.4, 0.5) is 0 Å². The van der Waals surface area contributed by atoms with Crippen molar-refractivity contribution in [2.75, 3.05) is 13.1 Å². The first kappa shape index (κ1) is 12.2. The van der Waals surface area contributed by atoms with E-state index in [2.05, 4.69) is 5.32 Å². The van der Waals surface area contributed by atoms with Crippen LogP contribution in [0.1, 0.15) is 42.3 Å². The van der Waals surface area contributed by atoms with Crippen LogP contribution < -0.4 is 11.1 Å². The molecular weight excluding hydrogens is 216 g/mol. The molecule has 1 fully saturated rings. The molecule has 1 aliphatic rings. The van der Waals surface area contributed by atoms with Gasteiger partial charge < -0.3 is 15.5 Å². The maximum Gasteiger partial charge on any atom is 0.254 e. The summed E-state index contributed by atoms with van der Waals surface area (Å²) >= 11 is 0. The Morgan fingerprint density at radius 1 is 1.59 bits per heavy atom. The first-order chi connectivity index (χ1) is 8.21. The summed E-state index contributed by atoms with van der Waals surface area (Å²) in [7, 11) is 0. The Morgan fingerprint density at radius 2 is 2.35 bits per heavy atom. The van der Waals surface area contributed by atoms with Crippen LogP contribution in [0.15, 0.2) is 16.7 Å². The summed E-state index contributed by atoms with van der Waals surface area (Å²) in [6, 6.07) is 1.73. The van der Waals surface area contributed by atoms with Gasteiger partial charge in [0.2, 0.25) is 0 Å². The molecule has 0 spiro atoms. The molecule has 0 atom stereocenters. The van der Waals surface area contributed by atoms with Crippen molar-refractivity contribution in [3.8, 4) is 0 Å². The van der Waals surface area contributed by atoms with E-state index in [0.717, 1.165) is 25.1 Å². The van der Waals surface area contributed by atoms with Gasteiger partial charge in [-0.1, -0.05) is 6.92 Å². The van der Waals surface area contributed by atoms with E-state index in [-0.39, 0.29) is 11.3 Å². The maximum atomic E-state index is 12.0. The second-order valence-electron chi connectivity index (χ2n) is 4.83. The van der Waals surface area contributed by atoms with Crippen LogP contribution in [-0.4, -0.2) is 19.0 Å². The summed E-state index contributed by atoms with van der Waals surface area (Å²) in [6.45, 7) is 3.41. The van der Waals surface area contributed by atoms with Crippen molar-refractivity contribution < 1.29 is 9.21 Å². The van der Waals surface area contributed by atoms with E-state index in [0.29, 0.717) is 12.1 Å². The summed E-state index contributed by atoms with van der Waals surface area (Å²) in [5.41, 5.74) is 6.51. The van der Waals surface area contributed by atoms with Gasteiger partial charge in [0.25, 0.3) is 5.91 Å². The van der Waals surface area contributed by atoms with E-state index >= 15 is 0 Å². The number of hydrogen-bond acceptors (Lipinski definition) is 3. The fourth-order valence-electron chi connectivity index (χ4n) is 2.18. The standard InChI is InChI=1S/C13H20N2O2/c1-2-11-10(3-8-17-11)12(16)15-9-13(4-5-13)6-7-14/h3,8H,2,4-7,9,14H2,1H3,(H,15,16). The highest BCUT2D eigenvalue weighted by molar-refractivity contribution is 5.95. The molecule has 0 saturated heterocycles. The zero-order valence-corrected chi connectivity index (χ0v) is 10.3. The topological polar surface area (TPSA) is 68.3 Å². The largest absolute Gasteiger partial charge is 0.469 e. The monoisotopic (exact) mass is 236 g/mol. The zero-order chi connectivity index (χ0) is 12.3. The fourth-order valence-corrected chi connectivity index (χ4v) is 2.18. The Kier molecular flexibility index (Phi) is 3.52. The predicted octanol–water partition coefficient (Wildman–Crippen LogP) is 1.70. The minimum Gasteiger partial charge on any atom is -0.469 e. The molecule has 1 aromatic rings. The van der Waals surface area contributed by atoms with Gasteiger partial charge in [0, 0.05) is 13.0 Å². The van der Waals surface area contributed by atoms with Gasteiger partial charge in [0.15, 0.2) is 0 Å². The van der Waals surface area contributed by atoms with Gasteiger partial charge in [-0.05, 0) is 37.3 Å². The number of aryl methyl sites for hydroxylation is 1. The first-order valence-corrected chi connectivity index (χ1v) is 6.25. The molecular formula is C13H20N2O2. The van der Waals surface area contributed by atoms with Gasteiger partial charge >= 0.3 is 0 Å². The van der Waals surface area contributed by atoms with E-state index in [1.54, 1.807) is 12.3 Å². The van der Waals surface area contributed by atoms with Gasteiger partial charge in [0.1, 0.15) is 5.76 Å². The lowest BCUT2D eigenvalue weighted by atomic mass is 10.0. The van der Waals surface area contributed by atoms with Crippen molar-refractivity contribution in [3.63, 3.8) is 0 Å². The van der Waals surface area contributed by atoms with E-state index in [4.69, 9.17) is 10.2 Å². The molecule has 0 bridgehead atoms. The molecule has 17 heavy (non-hydrogen) atoms. The van der Waals surface area contributed by atoms with Gasteiger partial charge in [-0.2, -0.15) is 0 Å². The Labute approximate surface area is 102 Å². The van der Waals surface area contributed by atoms with Gasteiger partial charge in [-0.15, -0.1) is 0 Å². The summed E-state index contributed by atoms with van der Waals surface area (Å²) in [5.74, 6) is 0.727. The molecule has 94 valence electrons. The van der Waals surface area contributed by atoms with E-state index < -0.39 is 0 Å². The normalized spacial score (nSPS) is 16.8. The minimum absolute atomic E-state index is 0.0288. The summed E-state index contributed by atoms with van der Waals surface area (Å²) in [6.07, 6.45) is 5.66. The molecule has 1 aliphatic carbocycles. The van der Waals surface area contributed by atoms with Crippen LogP contribution in [-0.2, 0) is 6.42 Å². The van der Waals surface area contributed by atoms with Crippen LogP contribution in [0.5, 0.6) is 0 Å². The third-order valence-electron chi connectivity index (χ3n) is 3.57.